The van der Waals surface area contributed by atoms with Crippen LogP contribution in [0.4, 0.5) is 5.69 Å². The minimum atomic E-state index is -0.0511. The van der Waals surface area contributed by atoms with E-state index in [4.69, 9.17) is 5.73 Å². The molecule has 0 unspecified atom stereocenters. The predicted octanol–water partition coefficient (Wildman–Crippen LogP) is 7.05. The fourth-order valence-corrected chi connectivity index (χ4v) is 4.60. The summed E-state index contributed by atoms with van der Waals surface area (Å²) in [6.07, 6.45) is 0. The molecule has 2 nitrogen and oxygen atoms in total. The van der Waals surface area contributed by atoms with Crippen LogP contribution in [-0.2, 0) is 0 Å². The van der Waals surface area contributed by atoms with E-state index in [1.54, 1.807) is 11.3 Å². The number of nitrogens with two attached hydrogens (primary N) is 1. The highest BCUT2D eigenvalue weighted by Crippen LogP contribution is 2.35. The van der Waals surface area contributed by atoms with Crippen LogP contribution < -0.4 is 5.73 Å². The molecule has 0 aliphatic carbocycles. The minimum absolute atomic E-state index is 0.0511. The Morgan fingerprint density at radius 2 is 1.40 bits per heavy atom. The molecule has 0 fully saturated rings. The van der Waals surface area contributed by atoms with E-state index in [1.165, 1.54) is 16.0 Å². The molecule has 5 rings (SSSR count). The van der Waals surface area contributed by atoms with Crippen molar-refractivity contribution in [1.82, 2.24) is 0 Å². The monoisotopic (exact) mass is 405 g/mol. The van der Waals surface area contributed by atoms with E-state index < -0.39 is 0 Å². The summed E-state index contributed by atoms with van der Waals surface area (Å²) < 4.78 is 0. The summed E-state index contributed by atoms with van der Waals surface area (Å²) in [4.78, 5) is 14.1. The van der Waals surface area contributed by atoms with Gasteiger partial charge in [-0.3, -0.25) is 4.79 Å². The molecule has 1 heterocycles. The number of carbonyl (C=O) groups is 1. The summed E-state index contributed by atoms with van der Waals surface area (Å²) in [6.45, 7) is 0. The molecular formula is C27H19NOS. The van der Waals surface area contributed by atoms with Crippen molar-refractivity contribution in [3.8, 4) is 21.6 Å². The molecule has 0 bridgehead atoms. The number of nitrogen functional groups attached to an aromatic ring is 1. The van der Waals surface area contributed by atoms with Crippen LogP contribution in [0.3, 0.4) is 0 Å². The van der Waals surface area contributed by atoms with Gasteiger partial charge in [0.15, 0.2) is 5.78 Å². The second kappa shape index (κ2) is 7.62. The van der Waals surface area contributed by atoms with Gasteiger partial charge in [0.25, 0.3) is 0 Å². The SMILES string of the molecule is Nc1cc2cc(-c3cc(-c4ccccc4)cs3)ccc2cc1C(=O)c1ccccc1. The molecule has 0 atom stereocenters. The van der Waals surface area contributed by atoms with E-state index in [9.17, 15) is 4.79 Å². The van der Waals surface area contributed by atoms with Gasteiger partial charge in [0.1, 0.15) is 0 Å². The van der Waals surface area contributed by atoms with Gasteiger partial charge in [0.2, 0.25) is 0 Å². The Morgan fingerprint density at radius 3 is 2.17 bits per heavy atom. The van der Waals surface area contributed by atoms with Crippen LogP contribution in [-0.4, -0.2) is 5.78 Å². The van der Waals surface area contributed by atoms with Crippen molar-refractivity contribution in [2.45, 2.75) is 0 Å². The third-order valence-electron chi connectivity index (χ3n) is 5.28. The number of hydrogen-bond donors (Lipinski definition) is 1. The van der Waals surface area contributed by atoms with Crippen LogP contribution >= 0.6 is 11.3 Å². The van der Waals surface area contributed by atoms with Crippen molar-refractivity contribution < 1.29 is 4.79 Å². The van der Waals surface area contributed by atoms with Gasteiger partial charge >= 0.3 is 0 Å². The van der Waals surface area contributed by atoms with Crippen molar-refractivity contribution in [3.63, 3.8) is 0 Å². The summed E-state index contributed by atoms with van der Waals surface area (Å²) in [5.74, 6) is -0.0511. The first-order valence-corrected chi connectivity index (χ1v) is 10.6. The zero-order valence-corrected chi connectivity index (χ0v) is 17.0. The molecule has 0 amide bonds. The number of benzene rings is 4. The van der Waals surface area contributed by atoms with Crippen molar-refractivity contribution in [1.29, 1.82) is 0 Å². The number of thiophene rings is 1. The van der Waals surface area contributed by atoms with Gasteiger partial charge in [-0.25, -0.2) is 0 Å². The quantitative estimate of drug-likeness (QED) is 0.257. The van der Waals surface area contributed by atoms with E-state index in [-0.39, 0.29) is 5.78 Å². The van der Waals surface area contributed by atoms with Crippen LogP contribution in [0.15, 0.2) is 102 Å². The zero-order chi connectivity index (χ0) is 20.5. The second-order valence-corrected chi connectivity index (χ2v) is 8.17. The Balaban J connectivity index is 1.51. The maximum atomic E-state index is 12.9. The van der Waals surface area contributed by atoms with Gasteiger partial charge in [0.05, 0.1) is 0 Å². The van der Waals surface area contributed by atoms with Crippen LogP contribution in [0.5, 0.6) is 0 Å². The normalized spacial score (nSPS) is 10.9. The summed E-state index contributed by atoms with van der Waals surface area (Å²) >= 11 is 1.73. The van der Waals surface area contributed by atoms with Gasteiger partial charge in [-0.15, -0.1) is 11.3 Å². The van der Waals surface area contributed by atoms with E-state index in [0.717, 1.165) is 16.3 Å². The fourth-order valence-electron chi connectivity index (χ4n) is 3.68. The highest BCUT2D eigenvalue weighted by molar-refractivity contribution is 7.14. The average molecular weight is 406 g/mol. The Hall–Kier alpha value is -3.69. The van der Waals surface area contributed by atoms with E-state index in [2.05, 4.69) is 53.9 Å². The largest absolute Gasteiger partial charge is 0.398 e. The smallest absolute Gasteiger partial charge is 0.195 e. The molecule has 0 spiro atoms. The standard InChI is InChI=1S/C27H19NOS/c28-25-15-22-13-21(26-16-23(17-30-26)18-7-3-1-4-8-18)12-11-20(22)14-24(25)27(29)19-9-5-2-6-10-19/h1-17H,28H2. The van der Waals surface area contributed by atoms with Gasteiger partial charge in [-0.2, -0.15) is 0 Å². The number of hydrogen-bond acceptors (Lipinski definition) is 3. The average Bonchev–Trinajstić information content (AvgIpc) is 3.29. The maximum Gasteiger partial charge on any atom is 0.195 e. The maximum absolute atomic E-state index is 12.9. The number of ketones is 1. The lowest BCUT2D eigenvalue weighted by molar-refractivity contribution is 0.103. The molecule has 0 aliphatic rings. The first-order chi connectivity index (χ1) is 14.7. The number of carbonyl (C=O) groups excluding carboxylic acids is 1. The lowest BCUT2D eigenvalue weighted by Crippen LogP contribution is -2.05. The molecule has 3 heteroatoms. The van der Waals surface area contributed by atoms with Gasteiger partial charge in [-0.05, 0) is 57.1 Å². The highest BCUT2D eigenvalue weighted by atomic mass is 32.1. The molecular weight excluding hydrogens is 386 g/mol. The van der Waals surface area contributed by atoms with Gasteiger partial charge in [0, 0.05) is 21.7 Å². The van der Waals surface area contributed by atoms with Crippen LogP contribution in [0, 0.1) is 0 Å². The lowest BCUT2D eigenvalue weighted by atomic mass is 9.97. The lowest BCUT2D eigenvalue weighted by Gasteiger charge is -2.09. The van der Waals surface area contributed by atoms with Crippen molar-refractivity contribution in [3.05, 3.63) is 114 Å². The van der Waals surface area contributed by atoms with E-state index >= 15 is 0 Å². The van der Waals surface area contributed by atoms with E-state index in [0.29, 0.717) is 16.8 Å². The predicted molar refractivity (Wildman–Crippen MR) is 127 cm³/mol. The molecule has 144 valence electrons. The summed E-state index contributed by atoms with van der Waals surface area (Å²) in [5, 5.41) is 4.22. The van der Waals surface area contributed by atoms with Crippen LogP contribution in [0.25, 0.3) is 32.3 Å². The number of fused-ring (bicyclic) bond motifs is 1. The molecule has 5 aromatic rings. The van der Waals surface area contributed by atoms with Crippen molar-refractivity contribution in [2.75, 3.05) is 5.73 Å². The minimum Gasteiger partial charge on any atom is -0.398 e. The van der Waals surface area contributed by atoms with Crippen LogP contribution in [0.1, 0.15) is 15.9 Å². The molecule has 0 saturated heterocycles. The third-order valence-corrected chi connectivity index (χ3v) is 6.26. The fraction of sp³-hybridized carbons (Fsp3) is 0. The molecule has 4 aromatic carbocycles. The van der Waals surface area contributed by atoms with Crippen molar-refractivity contribution >= 4 is 33.6 Å². The van der Waals surface area contributed by atoms with E-state index in [1.807, 2.05) is 48.5 Å². The highest BCUT2D eigenvalue weighted by Gasteiger charge is 2.14. The second-order valence-electron chi connectivity index (χ2n) is 7.26. The first kappa shape index (κ1) is 18.3. The van der Waals surface area contributed by atoms with Crippen molar-refractivity contribution in [2.24, 2.45) is 0 Å². The first-order valence-electron chi connectivity index (χ1n) is 9.76. The molecule has 0 aliphatic heterocycles. The molecule has 2 N–H and O–H groups in total. The third kappa shape index (κ3) is 3.40. The topological polar surface area (TPSA) is 43.1 Å². The molecule has 1 aromatic heterocycles. The molecule has 0 saturated carbocycles. The zero-order valence-electron chi connectivity index (χ0n) is 16.2. The summed E-state index contributed by atoms with van der Waals surface area (Å²) in [6, 6.07) is 32.0. The summed E-state index contributed by atoms with van der Waals surface area (Å²) in [7, 11) is 0. The number of anilines is 1. The Labute approximate surface area is 179 Å². The summed E-state index contributed by atoms with van der Waals surface area (Å²) in [5.41, 5.74) is 11.6. The Morgan fingerprint density at radius 1 is 0.667 bits per heavy atom. The number of rotatable bonds is 4. The Bertz CT molecular complexity index is 1350. The van der Waals surface area contributed by atoms with Gasteiger partial charge in [-0.1, -0.05) is 72.8 Å². The van der Waals surface area contributed by atoms with Gasteiger partial charge < -0.3 is 5.73 Å². The van der Waals surface area contributed by atoms with Crippen LogP contribution in [0.2, 0.25) is 0 Å². The Kier molecular flexibility index (Phi) is 4.66. The molecule has 0 radical (unpaired) electrons. The molecule has 30 heavy (non-hydrogen) atoms.